The van der Waals surface area contributed by atoms with Crippen LogP contribution in [0, 0.1) is 0 Å². The number of benzene rings is 1. The van der Waals surface area contributed by atoms with Gasteiger partial charge < -0.3 is 10.0 Å². The number of thiol groups is 1. The Morgan fingerprint density at radius 2 is 1.89 bits per heavy atom. The first-order valence-electron chi connectivity index (χ1n) is 6.43. The van der Waals surface area contributed by atoms with Gasteiger partial charge in [-0.2, -0.15) is 0 Å². The molecule has 98 valence electrons. The van der Waals surface area contributed by atoms with E-state index in [-0.39, 0.29) is 12.5 Å². The van der Waals surface area contributed by atoms with Crippen molar-refractivity contribution < 1.29 is 9.90 Å². The zero-order valence-electron chi connectivity index (χ0n) is 10.4. The quantitative estimate of drug-likeness (QED) is 0.820. The van der Waals surface area contributed by atoms with Crippen molar-refractivity contribution in [1.82, 2.24) is 4.90 Å². The summed E-state index contributed by atoms with van der Waals surface area (Å²) in [5, 5.41) is 9.13. The summed E-state index contributed by atoms with van der Waals surface area (Å²) >= 11 is 4.22. The van der Waals surface area contributed by atoms with Crippen LogP contribution in [0.5, 0.6) is 0 Å². The molecule has 1 aliphatic rings. The lowest BCUT2D eigenvalue weighted by Gasteiger charge is -2.28. The third kappa shape index (κ3) is 3.06. The molecule has 0 aliphatic heterocycles. The molecule has 0 saturated heterocycles. The number of nitrogens with zero attached hydrogens (tertiary/aromatic N) is 1. The van der Waals surface area contributed by atoms with Gasteiger partial charge in [0.05, 0.1) is 6.61 Å². The SMILES string of the molecule is O=C(c1ccc(S)cc1)N(CCO)C1CCCC1. The Kier molecular flexibility index (Phi) is 4.66. The summed E-state index contributed by atoms with van der Waals surface area (Å²) in [6, 6.07) is 7.53. The first kappa shape index (κ1) is 13.4. The molecule has 4 heteroatoms. The number of rotatable bonds is 4. The van der Waals surface area contributed by atoms with Crippen LogP contribution in [0.1, 0.15) is 36.0 Å². The van der Waals surface area contributed by atoms with Crippen molar-refractivity contribution in [3.8, 4) is 0 Å². The molecule has 2 rings (SSSR count). The van der Waals surface area contributed by atoms with E-state index in [9.17, 15) is 4.79 Å². The predicted molar refractivity (Wildman–Crippen MR) is 74.1 cm³/mol. The Hall–Kier alpha value is -1.00. The van der Waals surface area contributed by atoms with E-state index in [1.54, 1.807) is 12.1 Å². The highest BCUT2D eigenvalue weighted by Gasteiger charge is 2.26. The standard InChI is InChI=1S/C14H19NO2S/c16-10-9-15(12-3-1-2-4-12)14(17)11-5-7-13(18)8-6-11/h5-8,12,16,18H,1-4,9-10H2. The summed E-state index contributed by atoms with van der Waals surface area (Å²) in [7, 11) is 0. The van der Waals surface area contributed by atoms with E-state index in [2.05, 4.69) is 12.6 Å². The van der Waals surface area contributed by atoms with Gasteiger partial charge in [0.1, 0.15) is 0 Å². The van der Waals surface area contributed by atoms with Gasteiger partial charge in [-0.15, -0.1) is 12.6 Å². The predicted octanol–water partition coefficient (Wildman–Crippen LogP) is 2.35. The fraction of sp³-hybridized carbons (Fsp3) is 0.500. The molecule has 0 bridgehead atoms. The molecule has 18 heavy (non-hydrogen) atoms. The van der Waals surface area contributed by atoms with Gasteiger partial charge in [-0.3, -0.25) is 4.79 Å². The van der Waals surface area contributed by atoms with E-state index in [1.807, 2.05) is 17.0 Å². The molecule has 0 aromatic heterocycles. The summed E-state index contributed by atoms with van der Waals surface area (Å²) in [5.74, 6) is 0.0179. The van der Waals surface area contributed by atoms with Crippen LogP contribution in [0.25, 0.3) is 0 Å². The third-order valence-corrected chi connectivity index (χ3v) is 3.78. The van der Waals surface area contributed by atoms with E-state index >= 15 is 0 Å². The molecule has 0 spiro atoms. The average Bonchev–Trinajstić information content (AvgIpc) is 2.90. The first-order chi connectivity index (χ1) is 8.72. The summed E-state index contributed by atoms with van der Waals surface area (Å²) in [5.41, 5.74) is 0.674. The maximum absolute atomic E-state index is 12.4. The number of aliphatic hydroxyl groups excluding tert-OH is 1. The van der Waals surface area contributed by atoms with Gasteiger partial charge in [0, 0.05) is 23.0 Å². The van der Waals surface area contributed by atoms with Crippen LogP contribution in [-0.2, 0) is 0 Å². The summed E-state index contributed by atoms with van der Waals surface area (Å²) < 4.78 is 0. The van der Waals surface area contributed by atoms with E-state index in [4.69, 9.17) is 5.11 Å². The van der Waals surface area contributed by atoms with Gasteiger partial charge in [-0.05, 0) is 37.1 Å². The highest BCUT2D eigenvalue weighted by atomic mass is 32.1. The maximum Gasteiger partial charge on any atom is 0.254 e. The van der Waals surface area contributed by atoms with Crippen LogP contribution >= 0.6 is 12.6 Å². The number of hydrogen-bond acceptors (Lipinski definition) is 3. The third-order valence-electron chi connectivity index (χ3n) is 3.48. The van der Waals surface area contributed by atoms with Crippen molar-refractivity contribution in [2.75, 3.05) is 13.2 Å². The molecule has 0 heterocycles. The van der Waals surface area contributed by atoms with E-state index in [1.165, 1.54) is 12.8 Å². The van der Waals surface area contributed by atoms with Crippen LogP contribution < -0.4 is 0 Å². The Labute approximate surface area is 113 Å². The molecule has 1 saturated carbocycles. The van der Waals surface area contributed by atoms with E-state index in [0.29, 0.717) is 18.2 Å². The lowest BCUT2D eigenvalue weighted by Crippen LogP contribution is -2.40. The van der Waals surface area contributed by atoms with Gasteiger partial charge in [-0.25, -0.2) is 0 Å². The monoisotopic (exact) mass is 265 g/mol. The smallest absolute Gasteiger partial charge is 0.254 e. The Bertz CT molecular complexity index is 399. The first-order valence-corrected chi connectivity index (χ1v) is 6.88. The van der Waals surface area contributed by atoms with Gasteiger partial charge in [-0.1, -0.05) is 12.8 Å². The summed E-state index contributed by atoms with van der Waals surface area (Å²) in [6.45, 7) is 0.443. The topological polar surface area (TPSA) is 40.5 Å². The minimum atomic E-state index is 0.0179. The van der Waals surface area contributed by atoms with Gasteiger partial charge in [0.15, 0.2) is 0 Å². The van der Waals surface area contributed by atoms with Crippen molar-refractivity contribution in [3.63, 3.8) is 0 Å². The number of carbonyl (C=O) groups is 1. The molecule has 0 radical (unpaired) electrons. The van der Waals surface area contributed by atoms with Gasteiger partial charge in [0.2, 0.25) is 0 Å². The highest BCUT2D eigenvalue weighted by Crippen LogP contribution is 2.24. The minimum absolute atomic E-state index is 0.0179. The normalized spacial score (nSPS) is 15.9. The Morgan fingerprint density at radius 1 is 1.28 bits per heavy atom. The number of hydrogen-bond donors (Lipinski definition) is 2. The Balaban J connectivity index is 2.14. The second-order valence-electron chi connectivity index (χ2n) is 4.71. The number of amides is 1. The lowest BCUT2D eigenvalue weighted by atomic mass is 10.1. The molecule has 1 amide bonds. The van der Waals surface area contributed by atoms with Crippen molar-refractivity contribution >= 4 is 18.5 Å². The second-order valence-corrected chi connectivity index (χ2v) is 5.22. The van der Waals surface area contributed by atoms with Crippen LogP contribution in [0.4, 0.5) is 0 Å². The fourth-order valence-electron chi connectivity index (χ4n) is 2.54. The molecule has 1 aliphatic carbocycles. The molecule has 3 nitrogen and oxygen atoms in total. The molecule has 1 aromatic rings. The maximum atomic E-state index is 12.4. The molecule has 0 atom stereocenters. The van der Waals surface area contributed by atoms with Crippen LogP contribution in [-0.4, -0.2) is 35.1 Å². The second kappa shape index (κ2) is 6.25. The average molecular weight is 265 g/mol. The molecular weight excluding hydrogens is 246 g/mol. The van der Waals surface area contributed by atoms with Crippen molar-refractivity contribution in [2.45, 2.75) is 36.6 Å². The number of carbonyl (C=O) groups excluding carboxylic acids is 1. The molecule has 1 N–H and O–H groups in total. The van der Waals surface area contributed by atoms with Crippen LogP contribution in [0.3, 0.4) is 0 Å². The summed E-state index contributed by atoms with van der Waals surface area (Å²) in [4.78, 5) is 15.1. The van der Waals surface area contributed by atoms with Gasteiger partial charge in [0.25, 0.3) is 5.91 Å². The largest absolute Gasteiger partial charge is 0.395 e. The Morgan fingerprint density at radius 3 is 2.44 bits per heavy atom. The van der Waals surface area contributed by atoms with Crippen molar-refractivity contribution in [3.05, 3.63) is 29.8 Å². The van der Waals surface area contributed by atoms with E-state index in [0.717, 1.165) is 17.7 Å². The number of aliphatic hydroxyl groups is 1. The molecule has 1 fully saturated rings. The van der Waals surface area contributed by atoms with Crippen molar-refractivity contribution in [1.29, 1.82) is 0 Å². The van der Waals surface area contributed by atoms with Gasteiger partial charge >= 0.3 is 0 Å². The zero-order valence-corrected chi connectivity index (χ0v) is 11.3. The van der Waals surface area contributed by atoms with Crippen LogP contribution in [0.15, 0.2) is 29.2 Å². The molecule has 1 aromatic carbocycles. The highest BCUT2D eigenvalue weighted by molar-refractivity contribution is 7.80. The summed E-state index contributed by atoms with van der Waals surface area (Å²) in [6.07, 6.45) is 4.46. The minimum Gasteiger partial charge on any atom is -0.395 e. The van der Waals surface area contributed by atoms with Crippen molar-refractivity contribution in [2.24, 2.45) is 0 Å². The molecule has 0 unspecified atom stereocenters. The molecular formula is C14H19NO2S. The van der Waals surface area contributed by atoms with Crippen LogP contribution in [0.2, 0.25) is 0 Å². The zero-order chi connectivity index (χ0) is 13.0. The fourth-order valence-corrected chi connectivity index (χ4v) is 2.69. The lowest BCUT2D eigenvalue weighted by molar-refractivity contribution is 0.0638. The van der Waals surface area contributed by atoms with E-state index < -0.39 is 0 Å².